The van der Waals surface area contributed by atoms with E-state index in [-0.39, 0.29) is 29.8 Å². The SMILES string of the molecule is CNC(C)C(=O)NC1CCN(C(=O)C(C)C)CC1. The van der Waals surface area contributed by atoms with Gasteiger partial charge in [0.25, 0.3) is 0 Å². The Bertz CT molecular complexity index is 297. The molecule has 0 aromatic heterocycles. The Morgan fingerprint density at radius 3 is 2.17 bits per heavy atom. The molecule has 0 radical (unpaired) electrons. The summed E-state index contributed by atoms with van der Waals surface area (Å²) in [6, 6.07) is 0.0323. The normalized spacial score (nSPS) is 18.8. The first-order valence-electron chi connectivity index (χ1n) is 6.72. The Labute approximate surface area is 109 Å². The number of amides is 2. The minimum atomic E-state index is -0.166. The Morgan fingerprint density at radius 1 is 1.17 bits per heavy atom. The van der Waals surface area contributed by atoms with E-state index in [4.69, 9.17) is 0 Å². The molecule has 0 bridgehead atoms. The number of nitrogens with zero attached hydrogens (tertiary/aromatic N) is 1. The third-order valence-electron chi connectivity index (χ3n) is 3.47. The lowest BCUT2D eigenvalue weighted by Gasteiger charge is -2.33. The van der Waals surface area contributed by atoms with Crippen LogP contribution in [-0.2, 0) is 9.59 Å². The largest absolute Gasteiger partial charge is 0.352 e. The van der Waals surface area contributed by atoms with Crippen molar-refractivity contribution >= 4 is 11.8 Å². The van der Waals surface area contributed by atoms with Crippen LogP contribution >= 0.6 is 0 Å². The van der Waals surface area contributed by atoms with Crippen molar-refractivity contribution in [3.63, 3.8) is 0 Å². The lowest BCUT2D eigenvalue weighted by molar-refractivity contribution is -0.135. The average Bonchev–Trinajstić information content (AvgIpc) is 2.37. The van der Waals surface area contributed by atoms with E-state index >= 15 is 0 Å². The smallest absolute Gasteiger partial charge is 0.237 e. The van der Waals surface area contributed by atoms with Crippen LogP contribution in [0.1, 0.15) is 33.6 Å². The highest BCUT2D eigenvalue weighted by Gasteiger charge is 2.25. The average molecular weight is 255 g/mol. The summed E-state index contributed by atoms with van der Waals surface area (Å²) in [7, 11) is 1.77. The van der Waals surface area contributed by atoms with Crippen molar-refractivity contribution in [3.05, 3.63) is 0 Å². The van der Waals surface area contributed by atoms with Crippen LogP contribution in [0.25, 0.3) is 0 Å². The van der Waals surface area contributed by atoms with E-state index in [0.29, 0.717) is 0 Å². The number of rotatable bonds is 4. The van der Waals surface area contributed by atoms with Crippen molar-refractivity contribution in [3.8, 4) is 0 Å². The van der Waals surface area contributed by atoms with E-state index in [0.717, 1.165) is 25.9 Å². The summed E-state index contributed by atoms with van der Waals surface area (Å²) >= 11 is 0. The molecule has 104 valence electrons. The zero-order valence-corrected chi connectivity index (χ0v) is 11.8. The molecule has 5 heteroatoms. The van der Waals surface area contributed by atoms with E-state index < -0.39 is 0 Å². The van der Waals surface area contributed by atoms with Gasteiger partial charge in [-0.3, -0.25) is 9.59 Å². The fourth-order valence-corrected chi connectivity index (χ4v) is 2.07. The predicted octanol–water partition coefficient (Wildman–Crippen LogP) is 0.358. The van der Waals surface area contributed by atoms with E-state index in [1.54, 1.807) is 7.05 Å². The molecule has 5 nitrogen and oxygen atoms in total. The molecule has 1 saturated heterocycles. The van der Waals surface area contributed by atoms with E-state index in [1.165, 1.54) is 0 Å². The first-order chi connectivity index (χ1) is 8.45. The number of nitrogens with one attached hydrogen (secondary N) is 2. The zero-order chi connectivity index (χ0) is 13.7. The highest BCUT2D eigenvalue weighted by Crippen LogP contribution is 2.13. The van der Waals surface area contributed by atoms with E-state index in [9.17, 15) is 9.59 Å². The molecule has 2 N–H and O–H groups in total. The van der Waals surface area contributed by atoms with Crippen molar-refractivity contribution in [2.24, 2.45) is 5.92 Å². The molecule has 0 aliphatic carbocycles. The monoisotopic (exact) mass is 255 g/mol. The Balaban J connectivity index is 2.36. The fourth-order valence-electron chi connectivity index (χ4n) is 2.07. The van der Waals surface area contributed by atoms with Gasteiger partial charge >= 0.3 is 0 Å². The van der Waals surface area contributed by atoms with Gasteiger partial charge in [-0.25, -0.2) is 0 Å². The number of hydrogen-bond acceptors (Lipinski definition) is 3. The first-order valence-corrected chi connectivity index (χ1v) is 6.72. The lowest BCUT2D eigenvalue weighted by atomic mass is 10.0. The summed E-state index contributed by atoms with van der Waals surface area (Å²) in [4.78, 5) is 25.4. The van der Waals surface area contributed by atoms with Crippen molar-refractivity contribution in [1.29, 1.82) is 0 Å². The van der Waals surface area contributed by atoms with Gasteiger partial charge in [0.15, 0.2) is 0 Å². The molecule has 1 aliphatic heterocycles. The van der Waals surface area contributed by atoms with E-state index in [2.05, 4.69) is 10.6 Å². The van der Waals surface area contributed by atoms with Crippen LogP contribution in [0.2, 0.25) is 0 Å². The van der Waals surface area contributed by atoms with Gasteiger partial charge in [-0.05, 0) is 26.8 Å². The molecule has 0 aromatic rings. The van der Waals surface area contributed by atoms with Gasteiger partial charge in [0.2, 0.25) is 11.8 Å². The second kappa shape index (κ2) is 6.73. The number of piperidine rings is 1. The minimum absolute atomic E-state index is 0.0335. The molecule has 1 heterocycles. The Hall–Kier alpha value is -1.10. The number of carbonyl (C=O) groups excluding carboxylic acids is 2. The highest BCUT2D eigenvalue weighted by molar-refractivity contribution is 5.81. The third kappa shape index (κ3) is 3.98. The molecule has 1 aliphatic rings. The second-order valence-corrected chi connectivity index (χ2v) is 5.27. The highest BCUT2D eigenvalue weighted by atomic mass is 16.2. The van der Waals surface area contributed by atoms with Gasteiger partial charge in [0.1, 0.15) is 0 Å². The van der Waals surface area contributed by atoms with Crippen LogP contribution in [0.15, 0.2) is 0 Å². The van der Waals surface area contributed by atoms with Gasteiger partial charge in [0, 0.05) is 25.0 Å². The fraction of sp³-hybridized carbons (Fsp3) is 0.846. The summed E-state index contributed by atoms with van der Waals surface area (Å²) in [5.74, 6) is 0.301. The van der Waals surface area contributed by atoms with Crippen molar-refractivity contribution in [2.75, 3.05) is 20.1 Å². The second-order valence-electron chi connectivity index (χ2n) is 5.27. The summed E-state index contributed by atoms with van der Waals surface area (Å²) in [5, 5.41) is 5.94. The molecule has 2 amide bonds. The molecular formula is C13H25N3O2. The molecule has 0 spiro atoms. The van der Waals surface area contributed by atoms with Gasteiger partial charge < -0.3 is 15.5 Å². The summed E-state index contributed by atoms with van der Waals surface area (Å²) in [5.41, 5.74) is 0. The predicted molar refractivity (Wildman–Crippen MR) is 71.1 cm³/mol. The van der Waals surface area contributed by atoms with E-state index in [1.807, 2.05) is 25.7 Å². The molecule has 0 aromatic carbocycles. The van der Waals surface area contributed by atoms with Gasteiger partial charge in [-0.15, -0.1) is 0 Å². The quantitative estimate of drug-likeness (QED) is 0.762. The van der Waals surface area contributed by atoms with Gasteiger partial charge in [0.05, 0.1) is 6.04 Å². The third-order valence-corrected chi connectivity index (χ3v) is 3.47. The van der Waals surface area contributed by atoms with Crippen LogP contribution in [0.4, 0.5) is 0 Å². The maximum absolute atomic E-state index is 11.8. The van der Waals surface area contributed by atoms with Crippen molar-refractivity contribution in [2.45, 2.75) is 45.7 Å². The molecule has 0 saturated carbocycles. The summed E-state index contributed by atoms with van der Waals surface area (Å²) in [6.07, 6.45) is 1.70. The Morgan fingerprint density at radius 2 is 1.72 bits per heavy atom. The maximum atomic E-state index is 11.8. The molecule has 1 atom stereocenters. The van der Waals surface area contributed by atoms with Crippen LogP contribution in [0, 0.1) is 5.92 Å². The number of hydrogen-bond donors (Lipinski definition) is 2. The van der Waals surface area contributed by atoms with Crippen LogP contribution in [0.3, 0.4) is 0 Å². The molecular weight excluding hydrogens is 230 g/mol. The Kier molecular flexibility index (Phi) is 5.59. The topological polar surface area (TPSA) is 61.4 Å². The number of carbonyl (C=O) groups is 2. The van der Waals surface area contributed by atoms with Crippen molar-refractivity contribution < 1.29 is 9.59 Å². The summed E-state index contributed by atoms with van der Waals surface area (Å²) in [6.45, 7) is 7.17. The lowest BCUT2D eigenvalue weighted by Crippen LogP contribution is -2.50. The molecule has 1 rings (SSSR count). The summed E-state index contributed by atoms with van der Waals surface area (Å²) < 4.78 is 0. The molecule has 1 fully saturated rings. The van der Waals surface area contributed by atoms with Crippen LogP contribution in [-0.4, -0.2) is 48.9 Å². The van der Waals surface area contributed by atoms with Crippen LogP contribution < -0.4 is 10.6 Å². The standard InChI is InChI=1S/C13H25N3O2/c1-9(2)13(18)16-7-5-11(6-8-16)15-12(17)10(3)14-4/h9-11,14H,5-8H2,1-4H3,(H,15,17). The van der Waals surface area contributed by atoms with Crippen molar-refractivity contribution in [1.82, 2.24) is 15.5 Å². The maximum Gasteiger partial charge on any atom is 0.237 e. The van der Waals surface area contributed by atoms with Crippen LogP contribution in [0.5, 0.6) is 0 Å². The first kappa shape index (κ1) is 15.0. The zero-order valence-electron chi connectivity index (χ0n) is 11.8. The van der Waals surface area contributed by atoms with Gasteiger partial charge in [-0.2, -0.15) is 0 Å². The number of likely N-dealkylation sites (N-methyl/N-ethyl adjacent to an activating group) is 1. The van der Waals surface area contributed by atoms with Gasteiger partial charge in [-0.1, -0.05) is 13.8 Å². The number of likely N-dealkylation sites (tertiary alicyclic amines) is 1. The molecule has 1 unspecified atom stereocenters. The molecule has 18 heavy (non-hydrogen) atoms. The minimum Gasteiger partial charge on any atom is -0.352 e.